The van der Waals surface area contributed by atoms with E-state index in [0.29, 0.717) is 18.6 Å². The van der Waals surface area contributed by atoms with Crippen LogP contribution in [0.25, 0.3) is 0 Å². The lowest BCUT2D eigenvalue weighted by atomic mass is 10.1. The first-order valence-corrected chi connectivity index (χ1v) is 6.44. The first kappa shape index (κ1) is 13.0. The molecule has 0 fully saturated rings. The molecule has 1 aromatic carbocycles. The van der Waals surface area contributed by atoms with Crippen LogP contribution < -0.4 is 0 Å². The monoisotopic (exact) mass is 432 g/mol. The molecule has 0 amide bonds. The quantitative estimate of drug-likeness (QED) is 0.591. The maximum Gasteiger partial charge on any atom is 0.305 e. The molecule has 0 bridgehead atoms. The Bertz CT molecular complexity index is 354. The van der Waals surface area contributed by atoms with Crippen LogP contribution in [0.2, 0.25) is 0 Å². The van der Waals surface area contributed by atoms with Gasteiger partial charge in [-0.2, -0.15) is 0 Å². The van der Waals surface area contributed by atoms with Gasteiger partial charge < -0.3 is 9.84 Å². The van der Waals surface area contributed by atoms with Crippen molar-refractivity contribution >= 4 is 51.2 Å². The molecule has 1 N–H and O–H groups in total. The number of carbonyl (C=O) groups is 1. The summed E-state index contributed by atoms with van der Waals surface area (Å²) in [6.07, 6.45) is 1.01. The van der Waals surface area contributed by atoms with Crippen LogP contribution in [0.15, 0.2) is 12.1 Å². The van der Waals surface area contributed by atoms with Crippen molar-refractivity contribution < 1.29 is 14.6 Å². The highest BCUT2D eigenvalue weighted by atomic mass is 127. The van der Waals surface area contributed by atoms with E-state index in [9.17, 15) is 9.90 Å². The number of hydrogen-bond acceptors (Lipinski definition) is 3. The van der Waals surface area contributed by atoms with E-state index in [-0.39, 0.29) is 5.97 Å². The second-order valence-electron chi connectivity index (χ2n) is 2.98. The van der Waals surface area contributed by atoms with Crippen LogP contribution in [0.5, 0.6) is 5.75 Å². The second kappa shape index (κ2) is 5.88. The smallest absolute Gasteiger partial charge is 0.305 e. The van der Waals surface area contributed by atoms with Gasteiger partial charge in [-0.15, -0.1) is 0 Å². The van der Waals surface area contributed by atoms with Crippen LogP contribution in [-0.2, 0) is 16.0 Å². The van der Waals surface area contributed by atoms with Crippen molar-refractivity contribution in [2.24, 2.45) is 0 Å². The molecule has 15 heavy (non-hydrogen) atoms. The van der Waals surface area contributed by atoms with Gasteiger partial charge in [-0.3, -0.25) is 4.79 Å². The molecule has 0 aliphatic rings. The van der Waals surface area contributed by atoms with Crippen LogP contribution in [0.3, 0.4) is 0 Å². The van der Waals surface area contributed by atoms with Crippen molar-refractivity contribution in [1.29, 1.82) is 0 Å². The summed E-state index contributed by atoms with van der Waals surface area (Å²) in [5.74, 6) is 0.0890. The summed E-state index contributed by atoms with van der Waals surface area (Å²) in [5.41, 5.74) is 1.03. The summed E-state index contributed by atoms with van der Waals surface area (Å²) < 4.78 is 6.17. The molecule has 82 valence electrons. The minimum atomic E-state index is -0.215. The average Bonchev–Trinajstić information content (AvgIpc) is 2.22. The van der Waals surface area contributed by atoms with Gasteiger partial charge in [0.25, 0.3) is 0 Å². The first-order valence-electron chi connectivity index (χ1n) is 4.28. The van der Waals surface area contributed by atoms with Crippen molar-refractivity contribution in [3.05, 3.63) is 24.8 Å². The summed E-state index contributed by atoms with van der Waals surface area (Å²) in [5, 5.41) is 9.55. The Labute approximate surface area is 115 Å². The minimum absolute atomic E-state index is 0.215. The Morgan fingerprint density at radius 1 is 1.40 bits per heavy atom. The summed E-state index contributed by atoms with van der Waals surface area (Å²) in [7, 11) is 1.38. The van der Waals surface area contributed by atoms with Gasteiger partial charge in [0.05, 0.1) is 14.3 Å². The highest BCUT2D eigenvalue weighted by Gasteiger charge is 2.07. The lowest BCUT2D eigenvalue weighted by molar-refractivity contribution is -0.140. The first-order chi connectivity index (χ1) is 7.04. The third-order valence-electron chi connectivity index (χ3n) is 1.92. The predicted molar refractivity (Wildman–Crippen MR) is 73.9 cm³/mol. The van der Waals surface area contributed by atoms with Gasteiger partial charge in [-0.05, 0) is 69.3 Å². The molecule has 0 unspecified atom stereocenters. The second-order valence-corrected chi connectivity index (χ2v) is 5.31. The number of esters is 1. The van der Waals surface area contributed by atoms with E-state index < -0.39 is 0 Å². The van der Waals surface area contributed by atoms with Gasteiger partial charge in [-0.25, -0.2) is 0 Å². The number of carbonyl (C=O) groups excluding carboxylic acids is 1. The van der Waals surface area contributed by atoms with E-state index in [2.05, 4.69) is 49.9 Å². The highest BCUT2D eigenvalue weighted by Crippen LogP contribution is 2.27. The summed E-state index contributed by atoms with van der Waals surface area (Å²) in [6, 6.07) is 3.75. The zero-order valence-corrected chi connectivity index (χ0v) is 12.4. The third kappa shape index (κ3) is 3.78. The van der Waals surface area contributed by atoms with E-state index in [1.807, 2.05) is 12.1 Å². The van der Waals surface area contributed by atoms with Crippen molar-refractivity contribution in [2.45, 2.75) is 12.8 Å². The molecule has 0 saturated heterocycles. The number of methoxy groups -OCH3 is 1. The molecule has 0 spiro atoms. The summed E-state index contributed by atoms with van der Waals surface area (Å²) in [6.45, 7) is 0. The molecular formula is C10H10I2O3. The maximum absolute atomic E-state index is 10.9. The molecule has 0 aliphatic heterocycles. The fourth-order valence-corrected chi connectivity index (χ4v) is 3.01. The number of ether oxygens (including phenoxy) is 1. The Morgan fingerprint density at radius 3 is 2.40 bits per heavy atom. The Hall–Kier alpha value is -0.0500. The van der Waals surface area contributed by atoms with Gasteiger partial charge in [0.2, 0.25) is 0 Å². The number of aryl methyl sites for hydroxylation is 1. The number of halogens is 2. The normalized spacial score (nSPS) is 10.1. The zero-order chi connectivity index (χ0) is 11.4. The fraction of sp³-hybridized carbons (Fsp3) is 0.300. The van der Waals surface area contributed by atoms with Gasteiger partial charge >= 0.3 is 5.97 Å². The maximum atomic E-state index is 10.9. The molecule has 5 heteroatoms. The SMILES string of the molecule is COC(=O)CCc1cc(I)c(O)c(I)c1. The molecule has 3 nitrogen and oxygen atoms in total. The lowest BCUT2D eigenvalue weighted by Gasteiger charge is -2.05. The number of rotatable bonds is 3. The van der Waals surface area contributed by atoms with Gasteiger partial charge in [0, 0.05) is 6.42 Å². The number of phenolic OH excluding ortho intramolecular Hbond substituents is 1. The minimum Gasteiger partial charge on any atom is -0.506 e. The Kier molecular flexibility index (Phi) is 5.10. The number of hydrogen-bond donors (Lipinski definition) is 1. The van der Waals surface area contributed by atoms with E-state index in [1.54, 1.807) is 0 Å². The molecule has 1 aromatic rings. The topological polar surface area (TPSA) is 46.5 Å². The highest BCUT2D eigenvalue weighted by molar-refractivity contribution is 14.1. The number of benzene rings is 1. The van der Waals surface area contributed by atoms with E-state index in [0.717, 1.165) is 12.7 Å². The summed E-state index contributed by atoms with van der Waals surface area (Å²) >= 11 is 4.14. The standard InChI is InChI=1S/C10H10I2O3/c1-15-9(13)3-2-6-4-7(11)10(14)8(12)5-6/h4-5,14H,2-3H2,1H3. The van der Waals surface area contributed by atoms with Crippen LogP contribution >= 0.6 is 45.2 Å². The molecule has 1 rings (SSSR count). The molecule has 0 aliphatic carbocycles. The van der Waals surface area contributed by atoms with Crippen molar-refractivity contribution in [1.82, 2.24) is 0 Å². The van der Waals surface area contributed by atoms with Gasteiger partial charge in [-0.1, -0.05) is 0 Å². The van der Waals surface area contributed by atoms with E-state index in [4.69, 9.17) is 0 Å². The van der Waals surface area contributed by atoms with Crippen LogP contribution in [-0.4, -0.2) is 18.2 Å². The molecule has 0 saturated carbocycles. The lowest BCUT2D eigenvalue weighted by Crippen LogP contribution is -2.02. The Morgan fingerprint density at radius 2 is 1.93 bits per heavy atom. The molecule has 0 atom stereocenters. The summed E-state index contributed by atoms with van der Waals surface area (Å²) in [4.78, 5) is 10.9. The fourth-order valence-electron chi connectivity index (χ4n) is 1.11. The van der Waals surface area contributed by atoms with E-state index >= 15 is 0 Å². The van der Waals surface area contributed by atoms with Crippen molar-refractivity contribution in [2.75, 3.05) is 7.11 Å². The average molecular weight is 432 g/mol. The zero-order valence-electron chi connectivity index (χ0n) is 8.09. The van der Waals surface area contributed by atoms with Crippen LogP contribution in [0, 0.1) is 7.14 Å². The van der Waals surface area contributed by atoms with Gasteiger partial charge in [0.1, 0.15) is 5.75 Å². The van der Waals surface area contributed by atoms with E-state index in [1.165, 1.54) is 7.11 Å². The Balaban J connectivity index is 2.75. The van der Waals surface area contributed by atoms with Crippen LogP contribution in [0.4, 0.5) is 0 Å². The third-order valence-corrected chi connectivity index (χ3v) is 3.57. The molecule has 0 heterocycles. The van der Waals surface area contributed by atoms with Crippen molar-refractivity contribution in [3.63, 3.8) is 0 Å². The largest absolute Gasteiger partial charge is 0.506 e. The van der Waals surface area contributed by atoms with Crippen LogP contribution in [0.1, 0.15) is 12.0 Å². The number of phenols is 1. The van der Waals surface area contributed by atoms with Crippen molar-refractivity contribution in [3.8, 4) is 5.75 Å². The molecule has 0 radical (unpaired) electrons. The molecular weight excluding hydrogens is 422 g/mol. The molecule has 0 aromatic heterocycles. The predicted octanol–water partition coefficient (Wildman–Crippen LogP) is 2.71. The van der Waals surface area contributed by atoms with Gasteiger partial charge in [0.15, 0.2) is 0 Å². The number of aromatic hydroxyl groups is 1.